The van der Waals surface area contributed by atoms with Crippen LogP contribution in [0.1, 0.15) is 16.8 Å². The third-order valence-electron chi connectivity index (χ3n) is 2.83. The van der Waals surface area contributed by atoms with Crippen molar-refractivity contribution < 1.29 is 4.79 Å². The van der Waals surface area contributed by atoms with E-state index in [0.29, 0.717) is 5.78 Å². The molecule has 0 aliphatic carbocycles. The molecule has 1 aliphatic rings. The second kappa shape index (κ2) is 5.02. The number of nitrogens with zero attached hydrogens (tertiary/aromatic N) is 1. The van der Waals surface area contributed by atoms with Crippen molar-refractivity contribution in [2.75, 3.05) is 26.4 Å². The van der Waals surface area contributed by atoms with Crippen LogP contribution in [0.2, 0.25) is 0 Å². The van der Waals surface area contributed by atoms with Crippen LogP contribution >= 0.6 is 11.8 Å². The van der Waals surface area contributed by atoms with Gasteiger partial charge >= 0.3 is 0 Å². The number of ketones is 1. The summed E-state index contributed by atoms with van der Waals surface area (Å²) in [5, 5.41) is 0. The molecule has 1 atom stereocenters. The third kappa shape index (κ3) is 2.47. The highest BCUT2D eigenvalue weighted by Crippen LogP contribution is 2.31. The second-order valence-electron chi connectivity index (χ2n) is 4.46. The molecule has 2 nitrogen and oxygen atoms in total. The number of carbonyl (C=O) groups is 1. The van der Waals surface area contributed by atoms with Crippen molar-refractivity contribution in [2.45, 2.75) is 11.3 Å². The van der Waals surface area contributed by atoms with Crippen LogP contribution in [0, 0.1) is 5.92 Å². The fourth-order valence-electron chi connectivity index (χ4n) is 2.07. The summed E-state index contributed by atoms with van der Waals surface area (Å²) in [5.74, 6) is 1.52. The standard InChI is InChI=1S/C13H17NOS/c1-14(2)9-10-7-8-16-12-6-4-3-5-11(12)13(10)15/h3-6,10H,7-9H2,1-2H3/t10-/m0/s1. The molecule has 0 spiro atoms. The van der Waals surface area contributed by atoms with E-state index in [1.165, 1.54) is 0 Å². The van der Waals surface area contributed by atoms with Gasteiger partial charge in [0, 0.05) is 22.9 Å². The van der Waals surface area contributed by atoms with Crippen molar-refractivity contribution >= 4 is 17.5 Å². The highest BCUT2D eigenvalue weighted by atomic mass is 32.2. The molecule has 16 heavy (non-hydrogen) atoms. The normalized spacial score (nSPS) is 20.7. The zero-order chi connectivity index (χ0) is 11.5. The summed E-state index contributed by atoms with van der Waals surface area (Å²) < 4.78 is 0. The molecular formula is C13H17NOS. The van der Waals surface area contributed by atoms with Gasteiger partial charge in [0.05, 0.1) is 0 Å². The Kier molecular flexibility index (Phi) is 3.66. The fraction of sp³-hybridized carbons (Fsp3) is 0.462. The topological polar surface area (TPSA) is 20.3 Å². The van der Waals surface area contributed by atoms with Gasteiger partial charge in [0.15, 0.2) is 5.78 Å². The number of thioether (sulfide) groups is 1. The summed E-state index contributed by atoms with van der Waals surface area (Å²) >= 11 is 1.80. The van der Waals surface area contributed by atoms with Gasteiger partial charge in [-0.25, -0.2) is 0 Å². The number of carbonyl (C=O) groups excluding carboxylic acids is 1. The van der Waals surface area contributed by atoms with Crippen molar-refractivity contribution in [3.05, 3.63) is 29.8 Å². The molecule has 0 unspecified atom stereocenters. The quantitative estimate of drug-likeness (QED) is 0.785. The van der Waals surface area contributed by atoms with Gasteiger partial charge < -0.3 is 4.90 Å². The van der Waals surface area contributed by atoms with Crippen LogP contribution < -0.4 is 0 Å². The molecule has 0 radical (unpaired) electrons. The van der Waals surface area contributed by atoms with Crippen LogP contribution in [0.15, 0.2) is 29.2 Å². The summed E-state index contributed by atoms with van der Waals surface area (Å²) in [7, 11) is 4.05. The molecule has 0 saturated carbocycles. The predicted molar refractivity (Wildman–Crippen MR) is 68.2 cm³/mol. The average molecular weight is 235 g/mol. The predicted octanol–water partition coefficient (Wildman–Crippen LogP) is 2.54. The Labute approximate surface area is 101 Å². The van der Waals surface area contributed by atoms with E-state index in [0.717, 1.165) is 29.2 Å². The van der Waals surface area contributed by atoms with E-state index in [-0.39, 0.29) is 5.92 Å². The molecule has 0 saturated heterocycles. The Bertz CT molecular complexity index is 389. The first-order valence-electron chi connectivity index (χ1n) is 5.59. The zero-order valence-electron chi connectivity index (χ0n) is 9.77. The molecule has 1 aromatic rings. The Morgan fingerprint density at radius 1 is 1.38 bits per heavy atom. The highest BCUT2D eigenvalue weighted by molar-refractivity contribution is 7.99. The molecule has 1 heterocycles. The first-order valence-corrected chi connectivity index (χ1v) is 6.58. The number of Topliss-reactive ketones (excluding diaryl/α,β-unsaturated/α-hetero) is 1. The number of hydrogen-bond acceptors (Lipinski definition) is 3. The van der Waals surface area contributed by atoms with Gasteiger partial charge in [0.1, 0.15) is 0 Å². The van der Waals surface area contributed by atoms with E-state index >= 15 is 0 Å². The van der Waals surface area contributed by atoms with E-state index < -0.39 is 0 Å². The molecular weight excluding hydrogens is 218 g/mol. The van der Waals surface area contributed by atoms with E-state index in [4.69, 9.17) is 0 Å². The van der Waals surface area contributed by atoms with Crippen LogP contribution in [0.3, 0.4) is 0 Å². The molecule has 0 N–H and O–H groups in total. The lowest BCUT2D eigenvalue weighted by Crippen LogP contribution is -2.27. The second-order valence-corrected chi connectivity index (χ2v) is 5.59. The van der Waals surface area contributed by atoms with Crippen molar-refractivity contribution in [1.29, 1.82) is 0 Å². The minimum absolute atomic E-state index is 0.158. The summed E-state index contributed by atoms with van der Waals surface area (Å²) in [6, 6.07) is 7.97. The SMILES string of the molecule is CN(C)C[C@@H]1CCSc2ccccc2C1=O. The van der Waals surface area contributed by atoms with E-state index in [9.17, 15) is 4.79 Å². The van der Waals surface area contributed by atoms with Gasteiger partial charge in [0.2, 0.25) is 0 Å². The Balaban J connectivity index is 2.26. The number of rotatable bonds is 2. The van der Waals surface area contributed by atoms with Crippen LogP contribution in [0.25, 0.3) is 0 Å². The van der Waals surface area contributed by atoms with Gasteiger partial charge in [-0.3, -0.25) is 4.79 Å². The van der Waals surface area contributed by atoms with Gasteiger partial charge in [-0.1, -0.05) is 18.2 Å². The molecule has 0 amide bonds. The molecule has 3 heteroatoms. The zero-order valence-corrected chi connectivity index (χ0v) is 10.6. The van der Waals surface area contributed by atoms with Crippen LogP contribution in [0.4, 0.5) is 0 Å². The lowest BCUT2D eigenvalue weighted by molar-refractivity contribution is 0.0893. The molecule has 0 fully saturated rings. The highest BCUT2D eigenvalue weighted by Gasteiger charge is 2.25. The molecule has 2 rings (SSSR count). The first kappa shape index (κ1) is 11.7. The Morgan fingerprint density at radius 3 is 2.88 bits per heavy atom. The fourth-order valence-corrected chi connectivity index (χ4v) is 3.19. The van der Waals surface area contributed by atoms with Crippen molar-refractivity contribution in [2.24, 2.45) is 5.92 Å². The van der Waals surface area contributed by atoms with E-state index in [1.807, 2.05) is 32.3 Å². The van der Waals surface area contributed by atoms with Crippen molar-refractivity contribution in [3.63, 3.8) is 0 Å². The van der Waals surface area contributed by atoms with Crippen LogP contribution in [0.5, 0.6) is 0 Å². The van der Waals surface area contributed by atoms with Gasteiger partial charge in [0.25, 0.3) is 0 Å². The van der Waals surface area contributed by atoms with Crippen molar-refractivity contribution in [1.82, 2.24) is 4.90 Å². The Morgan fingerprint density at radius 2 is 2.12 bits per heavy atom. The number of hydrogen-bond donors (Lipinski definition) is 0. The maximum absolute atomic E-state index is 12.3. The lowest BCUT2D eigenvalue weighted by atomic mass is 9.95. The molecule has 0 bridgehead atoms. The smallest absolute Gasteiger partial charge is 0.168 e. The summed E-state index contributed by atoms with van der Waals surface area (Å²) in [6.45, 7) is 0.855. The monoisotopic (exact) mass is 235 g/mol. The average Bonchev–Trinajstić information content (AvgIpc) is 2.40. The maximum atomic E-state index is 12.3. The van der Waals surface area contributed by atoms with Crippen LogP contribution in [-0.4, -0.2) is 37.1 Å². The minimum Gasteiger partial charge on any atom is -0.309 e. The van der Waals surface area contributed by atoms with Crippen LogP contribution in [-0.2, 0) is 0 Å². The van der Waals surface area contributed by atoms with Gasteiger partial charge in [-0.2, -0.15) is 0 Å². The molecule has 86 valence electrons. The number of benzene rings is 1. The van der Waals surface area contributed by atoms with E-state index in [1.54, 1.807) is 11.8 Å². The first-order chi connectivity index (χ1) is 7.68. The van der Waals surface area contributed by atoms with E-state index in [2.05, 4.69) is 11.0 Å². The lowest BCUT2D eigenvalue weighted by Gasteiger charge is -2.17. The summed E-state index contributed by atoms with van der Waals surface area (Å²) in [5.41, 5.74) is 0.914. The molecule has 1 aliphatic heterocycles. The molecule has 0 aromatic heterocycles. The van der Waals surface area contributed by atoms with Gasteiger partial charge in [-0.05, 0) is 32.3 Å². The minimum atomic E-state index is 0.158. The maximum Gasteiger partial charge on any atom is 0.168 e. The van der Waals surface area contributed by atoms with Gasteiger partial charge in [-0.15, -0.1) is 11.8 Å². The largest absolute Gasteiger partial charge is 0.309 e. The summed E-state index contributed by atoms with van der Waals surface area (Å²) in [4.78, 5) is 15.6. The van der Waals surface area contributed by atoms with Crippen molar-refractivity contribution in [3.8, 4) is 0 Å². The molecule has 1 aromatic carbocycles. The third-order valence-corrected chi connectivity index (χ3v) is 3.94. The summed E-state index contributed by atoms with van der Waals surface area (Å²) in [6.07, 6.45) is 0.982. The number of fused-ring (bicyclic) bond motifs is 1. The Hall–Kier alpha value is -0.800.